The Kier molecular flexibility index (Phi) is 3.56. The molecule has 1 aliphatic heterocycles. The lowest BCUT2D eigenvalue weighted by atomic mass is 9.94. The molecule has 2 fully saturated rings. The van der Waals surface area contributed by atoms with E-state index in [1.807, 2.05) is 6.92 Å². The van der Waals surface area contributed by atoms with Crippen molar-refractivity contribution in [3.8, 4) is 0 Å². The molecule has 0 spiro atoms. The number of rotatable bonds is 5. The first kappa shape index (κ1) is 16.7. The van der Waals surface area contributed by atoms with Gasteiger partial charge >= 0.3 is 11.9 Å². The third kappa shape index (κ3) is 2.97. The maximum absolute atomic E-state index is 12.8. The third-order valence-electron chi connectivity index (χ3n) is 5.33. The van der Waals surface area contributed by atoms with Crippen molar-refractivity contribution in [2.24, 2.45) is 11.8 Å². The van der Waals surface area contributed by atoms with Gasteiger partial charge in [0.05, 0.1) is 12.0 Å². The molecule has 7 nitrogen and oxygen atoms in total. The molecule has 2 saturated carbocycles. The van der Waals surface area contributed by atoms with Crippen LogP contribution in [-0.4, -0.2) is 54.7 Å². The standard InChI is InChI=1S/C17H22N3O4S/c1-17(7-8-17)18-25(23,24)12-5-6-14-13(9-12)15(21)20(10-11-3-4-11)16(22)19(14)2/h5-6,9,11,13,18H,3-4,7-8,10H2,1-2H3/q+1. The Hall–Kier alpha value is -1.80. The number of nitrogens with one attached hydrogen (secondary N) is 1. The Labute approximate surface area is 147 Å². The topological polar surface area (TPSA) is 86.6 Å². The summed E-state index contributed by atoms with van der Waals surface area (Å²) < 4.78 is 29.3. The van der Waals surface area contributed by atoms with Gasteiger partial charge in [0, 0.05) is 5.54 Å². The van der Waals surface area contributed by atoms with Gasteiger partial charge in [-0.25, -0.2) is 17.9 Å². The molecule has 3 aliphatic carbocycles. The molecule has 0 bridgehead atoms. The quantitative estimate of drug-likeness (QED) is 0.737. The van der Waals surface area contributed by atoms with Gasteiger partial charge in [0.1, 0.15) is 18.2 Å². The number of nitrogens with zero attached hydrogens (tertiary/aromatic N) is 2. The number of amides is 3. The van der Waals surface area contributed by atoms with Crippen LogP contribution in [0.1, 0.15) is 32.6 Å². The average Bonchev–Trinajstić information content (AvgIpc) is 3.47. The monoisotopic (exact) mass is 364 g/mol. The Morgan fingerprint density at radius 3 is 2.56 bits per heavy atom. The molecule has 0 radical (unpaired) electrons. The largest absolute Gasteiger partial charge is 0.500 e. The summed E-state index contributed by atoms with van der Waals surface area (Å²) in [5.74, 6) is -0.685. The van der Waals surface area contributed by atoms with Gasteiger partial charge in [0.25, 0.3) is 0 Å². The van der Waals surface area contributed by atoms with Crippen molar-refractivity contribution < 1.29 is 22.6 Å². The van der Waals surface area contributed by atoms with E-state index in [9.17, 15) is 18.0 Å². The summed E-state index contributed by atoms with van der Waals surface area (Å²) in [6.07, 6.45) is 8.19. The van der Waals surface area contributed by atoms with Gasteiger partial charge in [-0.3, -0.25) is 0 Å². The maximum atomic E-state index is 12.8. The second-order valence-corrected chi connectivity index (χ2v) is 9.39. The Morgan fingerprint density at radius 1 is 1.28 bits per heavy atom. The second-order valence-electron chi connectivity index (χ2n) is 7.70. The molecule has 1 N–H and O–H groups in total. The fourth-order valence-corrected chi connectivity index (χ4v) is 4.76. The van der Waals surface area contributed by atoms with Crippen LogP contribution in [0.25, 0.3) is 0 Å². The van der Waals surface area contributed by atoms with Gasteiger partial charge in [0.2, 0.25) is 10.0 Å². The van der Waals surface area contributed by atoms with Crippen LogP contribution < -0.4 is 4.72 Å². The van der Waals surface area contributed by atoms with Crippen LogP contribution in [0.3, 0.4) is 0 Å². The molecule has 1 heterocycles. The number of hydrogen-bond donors (Lipinski definition) is 1. The zero-order chi connectivity index (χ0) is 18.0. The van der Waals surface area contributed by atoms with Gasteiger partial charge in [-0.05, 0) is 56.8 Å². The number of sulfonamides is 1. The summed E-state index contributed by atoms with van der Waals surface area (Å²) in [6, 6.07) is -0.337. The fourth-order valence-electron chi connectivity index (χ4n) is 3.23. The summed E-state index contributed by atoms with van der Waals surface area (Å²) in [4.78, 5) is 26.6. The zero-order valence-corrected chi connectivity index (χ0v) is 15.2. The molecule has 4 rings (SSSR count). The van der Waals surface area contributed by atoms with E-state index in [2.05, 4.69) is 4.72 Å². The average molecular weight is 364 g/mol. The third-order valence-corrected chi connectivity index (χ3v) is 6.99. The lowest BCUT2D eigenvalue weighted by Crippen LogP contribution is -2.54. The molecular formula is C17H22N3O4S+. The number of fused-ring (bicyclic) bond motifs is 1. The summed E-state index contributed by atoms with van der Waals surface area (Å²) >= 11 is 0. The second kappa shape index (κ2) is 5.35. The van der Waals surface area contributed by atoms with Crippen LogP contribution >= 0.6 is 0 Å². The van der Waals surface area contributed by atoms with Crippen LogP contribution in [-0.2, 0) is 14.8 Å². The first-order valence-electron chi connectivity index (χ1n) is 8.60. The molecule has 1 unspecified atom stereocenters. The summed E-state index contributed by atoms with van der Waals surface area (Å²) in [6.45, 7) is 2.28. The van der Waals surface area contributed by atoms with E-state index < -0.39 is 15.9 Å². The van der Waals surface area contributed by atoms with Crippen LogP contribution in [0, 0.1) is 11.8 Å². The van der Waals surface area contributed by atoms with Crippen molar-refractivity contribution in [3.63, 3.8) is 0 Å². The van der Waals surface area contributed by atoms with Gasteiger partial charge < -0.3 is 0 Å². The van der Waals surface area contributed by atoms with Crippen molar-refractivity contribution in [2.75, 3.05) is 13.6 Å². The van der Waals surface area contributed by atoms with Crippen LogP contribution in [0.4, 0.5) is 4.79 Å². The highest BCUT2D eigenvalue weighted by Gasteiger charge is 2.49. The zero-order valence-electron chi connectivity index (χ0n) is 14.4. The van der Waals surface area contributed by atoms with Crippen molar-refractivity contribution in [1.82, 2.24) is 9.62 Å². The molecule has 25 heavy (non-hydrogen) atoms. The molecule has 3 amide bonds. The molecule has 0 aromatic carbocycles. The van der Waals surface area contributed by atoms with Crippen molar-refractivity contribution in [3.05, 3.63) is 23.1 Å². The summed E-state index contributed by atoms with van der Waals surface area (Å²) in [5, 5.41) is 0. The van der Waals surface area contributed by atoms with Crippen molar-refractivity contribution in [2.45, 2.75) is 38.1 Å². The Morgan fingerprint density at radius 2 is 1.96 bits per heavy atom. The molecule has 0 aromatic heterocycles. The molecule has 134 valence electrons. The minimum absolute atomic E-state index is 0.0943. The fraction of sp³-hybridized carbons (Fsp3) is 0.588. The lowest BCUT2D eigenvalue weighted by Gasteiger charge is -2.26. The minimum atomic E-state index is -3.67. The highest BCUT2D eigenvalue weighted by atomic mass is 32.2. The molecular weight excluding hydrogens is 342 g/mol. The summed E-state index contributed by atoms with van der Waals surface area (Å²) in [7, 11) is -2.05. The van der Waals surface area contributed by atoms with E-state index in [0.29, 0.717) is 18.2 Å². The first-order valence-corrected chi connectivity index (χ1v) is 10.1. The van der Waals surface area contributed by atoms with Crippen LogP contribution in [0.15, 0.2) is 23.1 Å². The molecule has 4 aliphatic rings. The number of imide groups is 1. The van der Waals surface area contributed by atoms with Crippen LogP contribution in [0.5, 0.6) is 0 Å². The van der Waals surface area contributed by atoms with E-state index in [-0.39, 0.29) is 22.4 Å². The number of allylic oxidation sites excluding steroid dienone is 2. The predicted molar refractivity (Wildman–Crippen MR) is 91.4 cm³/mol. The van der Waals surface area contributed by atoms with Crippen LogP contribution in [0.2, 0.25) is 0 Å². The number of carbonyl (C=O) groups excluding carboxylic acids is 2. The lowest BCUT2D eigenvalue weighted by molar-refractivity contribution is -0.406. The molecule has 0 saturated heterocycles. The van der Waals surface area contributed by atoms with E-state index in [0.717, 1.165) is 25.7 Å². The van der Waals surface area contributed by atoms with E-state index >= 15 is 0 Å². The number of carbonyl (C=O) groups is 2. The maximum Gasteiger partial charge on any atom is 0.500 e. The van der Waals surface area contributed by atoms with Crippen molar-refractivity contribution in [1.29, 1.82) is 0 Å². The van der Waals surface area contributed by atoms with E-state index in [1.54, 1.807) is 13.1 Å². The highest BCUT2D eigenvalue weighted by Crippen LogP contribution is 2.37. The SMILES string of the molecule is C[N+]1=C2C=CC(S(=O)(=O)NC3(C)CC3)=CC2C(=O)N(CC2CC2)C1=O. The first-order chi connectivity index (χ1) is 11.7. The number of hydrogen-bond acceptors (Lipinski definition) is 4. The normalized spacial score (nSPS) is 28.2. The van der Waals surface area contributed by atoms with Gasteiger partial charge in [-0.1, -0.05) is 0 Å². The highest BCUT2D eigenvalue weighted by molar-refractivity contribution is 7.93. The van der Waals surface area contributed by atoms with E-state index in [4.69, 9.17) is 0 Å². The number of urea groups is 1. The Balaban J connectivity index is 1.66. The smallest absolute Gasteiger partial charge is 0.245 e. The Bertz CT molecular complexity index is 860. The predicted octanol–water partition coefficient (Wildman–Crippen LogP) is 0.984. The van der Waals surface area contributed by atoms with Gasteiger partial charge in [-0.15, -0.1) is 0 Å². The van der Waals surface area contributed by atoms with Gasteiger partial charge in [-0.2, -0.15) is 14.3 Å². The molecule has 1 atom stereocenters. The van der Waals surface area contributed by atoms with Crippen molar-refractivity contribution >= 4 is 27.7 Å². The summed E-state index contributed by atoms with van der Waals surface area (Å²) in [5.41, 5.74) is 0.150. The van der Waals surface area contributed by atoms with E-state index in [1.165, 1.54) is 21.6 Å². The molecule has 8 heteroatoms. The van der Waals surface area contributed by atoms with Gasteiger partial charge in [0.15, 0.2) is 0 Å². The molecule has 0 aromatic rings. The minimum Gasteiger partial charge on any atom is -0.245 e.